The zero-order chi connectivity index (χ0) is 15.4. The normalized spacial score (nSPS) is 10.5. The summed E-state index contributed by atoms with van der Waals surface area (Å²) in [4.78, 5) is 10.8. The third-order valence-corrected chi connectivity index (χ3v) is 4.09. The molecule has 3 rings (SSSR count). The summed E-state index contributed by atoms with van der Waals surface area (Å²) in [5, 5.41) is 7.60. The number of anilines is 2. The number of nitrogens with zero attached hydrogens (tertiary/aromatic N) is 3. The van der Waals surface area contributed by atoms with E-state index in [1.807, 2.05) is 32.6 Å². The van der Waals surface area contributed by atoms with Crippen LogP contribution in [-0.4, -0.2) is 24.1 Å². The van der Waals surface area contributed by atoms with E-state index in [1.165, 1.54) is 5.56 Å². The highest BCUT2D eigenvalue weighted by atomic mass is 32.1. The average Bonchev–Trinajstić information content (AvgIpc) is 3.08. The number of hydrogen-bond acceptors (Lipinski definition) is 5. The lowest BCUT2D eigenvalue weighted by Gasteiger charge is -2.17. The van der Waals surface area contributed by atoms with Crippen LogP contribution >= 0.6 is 11.3 Å². The van der Waals surface area contributed by atoms with Crippen LogP contribution in [0.5, 0.6) is 0 Å². The molecule has 0 atom stereocenters. The van der Waals surface area contributed by atoms with Crippen molar-refractivity contribution in [3.05, 3.63) is 59.2 Å². The summed E-state index contributed by atoms with van der Waals surface area (Å²) in [5.41, 5.74) is 5.48. The van der Waals surface area contributed by atoms with Crippen LogP contribution in [0.1, 0.15) is 5.56 Å². The molecule has 5 heteroatoms. The molecule has 22 heavy (non-hydrogen) atoms. The van der Waals surface area contributed by atoms with Crippen LogP contribution in [-0.2, 0) is 6.54 Å². The van der Waals surface area contributed by atoms with Crippen molar-refractivity contribution in [3.8, 4) is 11.3 Å². The maximum absolute atomic E-state index is 4.53. The Morgan fingerprint density at radius 3 is 2.73 bits per heavy atom. The van der Waals surface area contributed by atoms with Crippen molar-refractivity contribution < 1.29 is 0 Å². The molecule has 0 spiro atoms. The molecule has 4 nitrogen and oxygen atoms in total. The van der Waals surface area contributed by atoms with Gasteiger partial charge in [0.1, 0.15) is 0 Å². The van der Waals surface area contributed by atoms with E-state index in [9.17, 15) is 0 Å². The highest BCUT2D eigenvalue weighted by Gasteiger charge is 2.04. The van der Waals surface area contributed by atoms with Gasteiger partial charge in [-0.1, -0.05) is 6.07 Å². The number of thiophene rings is 1. The molecule has 0 aliphatic heterocycles. The first-order chi connectivity index (χ1) is 10.7. The van der Waals surface area contributed by atoms with Crippen molar-refractivity contribution >= 4 is 22.7 Å². The van der Waals surface area contributed by atoms with E-state index in [2.05, 4.69) is 49.1 Å². The van der Waals surface area contributed by atoms with Crippen LogP contribution in [0.3, 0.4) is 0 Å². The van der Waals surface area contributed by atoms with Crippen LogP contribution in [0.25, 0.3) is 11.3 Å². The van der Waals surface area contributed by atoms with E-state index >= 15 is 0 Å². The quantitative estimate of drug-likeness (QED) is 0.776. The Balaban J connectivity index is 1.70. The first-order valence-electron chi connectivity index (χ1n) is 7.07. The standard InChI is InChI=1S/C17H18N4S/c1-21(2)17-5-7-18-11-16(17)20-10-13-3-4-15(19-9-13)14-6-8-22-12-14/h3-9,11-12,20H,10H2,1-2H3. The Bertz CT molecular complexity index is 721. The average molecular weight is 310 g/mol. The second-order valence-electron chi connectivity index (χ2n) is 5.20. The van der Waals surface area contributed by atoms with E-state index in [4.69, 9.17) is 0 Å². The monoisotopic (exact) mass is 310 g/mol. The largest absolute Gasteiger partial charge is 0.378 e. The van der Waals surface area contributed by atoms with E-state index in [1.54, 1.807) is 17.5 Å². The maximum Gasteiger partial charge on any atom is 0.0766 e. The Morgan fingerprint density at radius 2 is 2.05 bits per heavy atom. The van der Waals surface area contributed by atoms with E-state index < -0.39 is 0 Å². The predicted octanol–water partition coefficient (Wildman–Crippen LogP) is 3.88. The van der Waals surface area contributed by atoms with E-state index in [-0.39, 0.29) is 0 Å². The molecule has 0 aromatic carbocycles. The third kappa shape index (κ3) is 3.26. The van der Waals surface area contributed by atoms with Gasteiger partial charge in [-0.3, -0.25) is 9.97 Å². The summed E-state index contributed by atoms with van der Waals surface area (Å²) in [6.45, 7) is 0.726. The van der Waals surface area contributed by atoms with Gasteiger partial charge >= 0.3 is 0 Å². The summed E-state index contributed by atoms with van der Waals surface area (Å²) in [6, 6.07) is 8.26. The number of pyridine rings is 2. The van der Waals surface area contributed by atoms with Gasteiger partial charge in [0.2, 0.25) is 0 Å². The molecule has 0 unspecified atom stereocenters. The van der Waals surface area contributed by atoms with Crippen molar-refractivity contribution in [1.82, 2.24) is 9.97 Å². The second kappa shape index (κ2) is 6.58. The number of aromatic nitrogens is 2. The van der Waals surface area contributed by atoms with Gasteiger partial charge in [0.15, 0.2) is 0 Å². The first-order valence-corrected chi connectivity index (χ1v) is 8.01. The van der Waals surface area contributed by atoms with Gasteiger partial charge in [0, 0.05) is 44.0 Å². The van der Waals surface area contributed by atoms with Gasteiger partial charge in [0.25, 0.3) is 0 Å². The summed E-state index contributed by atoms with van der Waals surface area (Å²) in [6.07, 6.45) is 5.58. The molecule has 3 aromatic rings. The minimum atomic E-state index is 0.726. The molecule has 0 bridgehead atoms. The van der Waals surface area contributed by atoms with Crippen molar-refractivity contribution in [2.24, 2.45) is 0 Å². The summed E-state index contributed by atoms with van der Waals surface area (Å²) < 4.78 is 0. The lowest BCUT2D eigenvalue weighted by molar-refractivity contribution is 1.08. The molecule has 112 valence electrons. The van der Waals surface area contributed by atoms with Crippen LogP contribution in [0.15, 0.2) is 53.6 Å². The fourth-order valence-electron chi connectivity index (χ4n) is 2.22. The van der Waals surface area contributed by atoms with E-state index in [0.29, 0.717) is 0 Å². The highest BCUT2D eigenvalue weighted by molar-refractivity contribution is 7.08. The molecule has 0 radical (unpaired) electrons. The molecule has 1 N–H and O–H groups in total. The second-order valence-corrected chi connectivity index (χ2v) is 5.98. The van der Waals surface area contributed by atoms with Crippen molar-refractivity contribution in [2.45, 2.75) is 6.54 Å². The molecule has 3 aromatic heterocycles. The Hall–Kier alpha value is -2.40. The summed E-state index contributed by atoms with van der Waals surface area (Å²) in [5.74, 6) is 0. The molecular formula is C17H18N4S. The molecule has 3 heterocycles. The number of rotatable bonds is 5. The fourth-order valence-corrected chi connectivity index (χ4v) is 2.87. The van der Waals surface area contributed by atoms with Crippen LogP contribution in [0.4, 0.5) is 11.4 Å². The maximum atomic E-state index is 4.53. The van der Waals surface area contributed by atoms with Gasteiger partial charge < -0.3 is 10.2 Å². The predicted molar refractivity (Wildman–Crippen MR) is 93.4 cm³/mol. The van der Waals surface area contributed by atoms with E-state index in [0.717, 1.165) is 29.2 Å². The lowest BCUT2D eigenvalue weighted by Crippen LogP contribution is -2.12. The minimum Gasteiger partial charge on any atom is -0.378 e. The Labute approximate surface area is 134 Å². The number of nitrogens with one attached hydrogen (secondary N) is 1. The molecule has 0 fully saturated rings. The SMILES string of the molecule is CN(C)c1ccncc1NCc1ccc(-c2ccsc2)nc1. The fraction of sp³-hybridized carbons (Fsp3) is 0.176. The molecule has 0 saturated heterocycles. The van der Waals surface area contributed by atoms with Crippen LogP contribution in [0.2, 0.25) is 0 Å². The third-order valence-electron chi connectivity index (χ3n) is 3.40. The zero-order valence-corrected chi connectivity index (χ0v) is 13.5. The topological polar surface area (TPSA) is 41.1 Å². The number of hydrogen-bond donors (Lipinski definition) is 1. The van der Waals surface area contributed by atoms with Gasteiger partial charge in [-0.15, -0.1) is 0 Å². The van der Waals surface area contributed by atoms with Crippen LogP contribution in [0, 0.1) is 0 Å². The van der Waals surface area contributed by atoms with Gasteiger partial charge in [-0.05, 0) is 29.1 Å². The van der Waals surface area contributed by atoms with Crippen LogP contribution < -0.4 is 10.2 Å². The zero-order valence-electron chi connectivity index (χ0n) is 12.7. The molecule has 0 aliphatic rings. The van der Waals surface area contributed by atoms with Gasteiger partial charge in [-0.2, -0.15) is 11.3 Å². The lowest BCUT2D eigenvalue weighted by atomic mass is 10.2. The summed E-state index contributed by atoms with van der Waals surface area (Å²) in [7, 11) is 4.05. The van der Waals surface area contributed by atoms with Gasteiger partial charge in [0.05, 0.1) is 23.3 Å². The highest BCUT2D eigenvalue weighted by Crippen LogP contribution is 2.23. The minimum absolute atomic E-state index is 0.726. The van der Waals surface area contributed by atoms with Crippen molar-refractivity contribution in [1.29, 1.82) is 0 Å². The molecular weight excluding hydrogens is 292 g/mol. The smallest absolute Gasteiger partial charge is 0.0766 e. The molecule has 0 amide bonds. The Kier molecular flexibility index (Phi) is 4.34. The van der Waals surface area contributed by atoms with Crippen molar-refractivity contribution in [3.63, 3.8) is 0 Å². The van der Waals surface area contributed by atoms with Crippen molar-refractivity contribution in [2.75, 3.05) is 24.3 Å². The first kappa shape index (κ1) is 14.5. The molecule has 0 aliphatic carbocycles. The molecule has 0 saturated carbocycles. The Morgan fingerprint density at radius 1 is 1.14 bits per heavy atom. The van der Waals surface area contributed by atoms with Gasteiger partial charge in [-0.25, -0.2) is 0 Å². The summed E-state index contributed by atoms with van der Waals surface area (Å²) >= 11 is 1.69.